The quantitative estimate of drug-likeness (QED) is 0.217. The van der Waals surface area contributed by atoms with Crippen molar-refractivity contribution in [3.8, 4) is 18.1 Å². The van der Waals surface area contributed by atoms with Gasteiger partial charge in [0.1, 0.15) is 17.5 Å². The van der Waals surface area contributed by atoms with E-state index in [1.807, 2.05) is 32.9 Å². The Kier molecular flexibility index (Phi) is 4.58. The normalized spacial score (nSPS) is 12.2. The molecule has 0 aliphatic carbocycles. The van der Waals surface area contributed by atoms with Crippen molar-refractivity contribution in [2.45, 2.75) is 26.3 Å². The predicted molar refractivity (Wildman–Crippen MR) is 89.6 cm³/mol. The smallest absolute Gasteiger partial charge is 0.185 e. The van der Waals surface area contributed by atoms with Gasteiger partial charge in [-0.2, -0.15) is 0 Å². The lowest BCUT2D eigenvalue weighted by Gasteiger charge is -2.18. The fourth-order valence-corrected chi connectivity index (χ4v) is 1.97. The van der Waals surface area contributed by atoms with E-state index in [1.54, 1.807) is 12.1 Å². The van der Waals surface area contributed by atoms with Gasteiger partial charge >= 0.3 is 0 Å². The summed E-state index contributed by atoms with van der Waals surface area (Å²) in [6.45, 7) is 5.67. The lowest BCUT2D eigenvalue weighted by Crippen LogP contribution is -2.29. The molecule has 0 saturated heterocycles. The second-order valence-electron chi connectivity index (χ2n) is 5.84. The summed E-state index contributed by atoms with van der Waals surface area (Å²) in [5.41, 5.74) is 0.743. The summed E-state index contributed by atoms with van der Waals surface area (Å²) in [6.07, 6.45) is 6.63. The predicted octanol–water partition coefficient (Wildman–Crippen LogP) is 3.63. The highest BCUT2D eigenvalue weighted by Crippen LogP contribution is 2.24. The molecule has 0 aliphatic heterocycles. The highest BCUT2D eigenvalue weighted by atomic mass is 35.5. The highest BCUT2D eigenvalue weighted by molar-refractivity contribution is 6.32. The van der Waals surface area contributed by atoms with Crippen LogP contribution in [0.5, 0.6) is 5.75 Å². The first-order chi connectivity index (χ1) is 10.3. The molecule has 114 valence electrons. The van der Waals surface area contributed by atoms with E-state index < -0.39 is 5.54 Å². The van der Waals surface area contributed by atoms with Crippen molar-refractivity contribution in [2.75, 3.05) is 6.61 Å². The van der Waals surface area contributed by atoms with Crippen LogP contribution in [0.4, 0.5) is 0 Å². The van der Waals surface area contributed by atoms with Crippen LogP contribution in [0.3, 0.4) is 0 Å². The zero-order chi connectivity index (χ0) is 16.3. The standard InChI is InChI=1S/C17H17ClN2O2/c1-5-8-22-14-6-7-15-12(10-14)9-13(16(18)19-15)11-20(21)17(2,3)4/h1,6-7,9-11H,8H2,2-4H3/b20-11-. The van der Waals surface area contributed by atoms with Crippen molar-refractivity contribution in [2.24, 2.45) is 0 Å². The van der Waals surface area contributed by atoms with Gasteiger partial charge in [0.15, 0.2) is 11.8 Å². The van der Waals surface area contributed by atoms with Gasteiger partial charge in [0.05, 0.1) is 11.1 Å². The molecule has 22 heavy (non-hydrogen) atoms. The average Bonchev–Trinajstić information content (AvgIpc) is 2.45. The number of nitrogens with zero attached hydrogens (tertiary/aromatic N) is 2. The van der Waals surface area contributed by atoms with Crippen molar-refractivity contribution in [3.05, 3.63) is 40.2 Å². The van der Waals surface area contributed by atoms with Gasteiger partial charge in [-0.05, 0) is 24.3 Å². The van der Waals surface area contributed by atoms with E-state index in [1.165, 1.54) is 6.21 Å². The van der Waals surface area contributed by atoms with Crippen molar-refractivity contribution >= 4 is 28.7 Å². The minimum absolute atomic E-state index is 0.198. The van der Waals surface area contributed by atoms with Gasteiger partial charge in [0, 0.05) is 26.2 Å². The topological polar surface area (TPSA) is 48.2 Å². The minimum atomic E-state index is -0.546. The van der Waals surface area contributed by atoms with E-state index in [-0.39, 0.29) is 11.8 Å². The number of halogens is 1. The molecule has 0 bridgehead atoms. The third-order valence-corrected chi connectivity index (χ3v) is 3.31. The number of hydroxylamine groups is 1. The Balaban J connectivity index is 2.48. The summed E-state index contributed by atoms with van der Waals surface area (Å²) in [6, 6.07) is 7.21. The maximum atomic E-state index is 12.1. The molecule has 4 nitrogen and oxygen atoms in total. The van der Waals surface area contributed by atoms with Crippen molar-refractivity contribution in [3.63, 3.8) is 0 Å². The fraction of sp³-hybridized carbons (Fsp3) is 0.294. The number of fused-ring (bicyclic) bond motifs is 1. The molecular weight excluding hydrogens is 300 g/mol. The molecule has 0 amide bonds. The van der Waals surface area contributed by atoms with Gasteiger partial charge in [0.25, 0.3) is 0 Å². The number of ether oxygens (including phenoxy) is 1. The lowest BCUT2D eigenvalue weighted by atomic mass is 10.1. The van der Waals surface area contributed by atoms with Crippen LogP contribution in [0.25, 0.3) is 10.9 Å². The van der Waals surface area contributed by atoms with E-state index >= 15 is 0 Å². The Morgan fingerprint density at radius 1 is 1.41 bits per heavy atom. The van der Waals surface area contributed by atoms with Gasteiger partial charge in [-0.3, -0.25) is 0 Å². The number of hydrogen-bond acceptors (Lipinski definition) is 3. The largest absolute Gasteiger partial charge is 0.623 e. The Morgan fingerprint density at radius 2 is 2.14 bits per heavy atom. The number of rotatable bonds is 3. The van der Waals surface area contributed by atoms with Gasteiger partial charge in [0.2, 0.25) is 0 Å². The van der Waals surface area contributed by atoms with Crippen LogP contribution in [-0.2, 0) is 0 Å². The van der Waals surface area contributed by atoms with Gasteiger partial charge in [-0.25, -0.2) is 9.72 Å². The van der Waals surface area contributed by atoms with Crippen LogP contribution in [0, 0.1) is 17.6 Å². The molecular formula is C17H17ClN2O2. The number of aromatic nitrogens is 1. The number of terminal acetylenes is 1. The molecule has 0 radical (unpaired) electrons. The van der Waals surface area contributed by atoms with Gasteiger partial charge < -0.3 is 9.94 Å². The maximum Gasteiger partial charge on any atom is 0.185 e. The maximum absolute atomic E-state index is 12.1. The second-order valence-corrected chi connectivity index (χ2v) is 6.20. The summed E-state index contributed by atoms with van der Waals surface area (Å²) < 4.78 is 6.25. The minimum Gasteiger partial charge on any atom is -0.623 e. The molecule has 1 aromatic carbocycles. The van der Waals surface area contributed by atoms with Crippen molar-refractivity contribution in [1.29, 1.82) is 0 Å². The third kappa shape index (κ3) is 3.69. The molecule has 2 rings (SSSR count). The Hall–Kier alpha value is -2.25. The molecule has 0 unspecified atom stereocenters. The molecule has 0 spiro atoms. The van der Waals surface area contributed by atoms with Crippen molar-refractivity contribution < 1.29 is 9.48 Å². The zero-order valence-electron chi connectivity index (χ0n) is 12.8. The van der Waals surface area contributed by atoms with E-state index in [2.05, 4.69) is 10.9 Å². The Morgan fingerprint density at radius 3 is 2.77 bits per heavy atom. The average molecular weight is 317 g/mol. The monoisotopic (exact) mass is 316 g/mol. The van der Waals surface area contributed by atoms with E-state index in [0.717, 1.165) is 15.6 Å². The fourth-order valence-electron chi connectivity index (χ4n) is 1.77. The summed E-state index contributed by atoms with van der Waals surface area (Å²) in [5.74, 6) is 3.06. The van der Waals surface area contributed by atoms with Crippen LogP contribution in [0.2, 0.25) is 5.15 Å². The van der Waals surface area contributed by atoms with Crippen molar-refractivity contribution in [1.82, 2.24) is 4.98 Å². The molecule has 0 atom stereocenters. The van der Waals surface area contributed by atoms with Crippen LogP contribution in [0.1, 0.15) is 26.3 Å². The molecule has 0 saturated carbocycles. The third-order valence-electron chi connectivity index (χ3n) is 3.01. The first kappa shape index (κ1) is 16.1. The summed E-state index contributed by atoms with van der Waals surface area (Å²) >= 11 is 6.16. The van der Waals surface area contributed by atoms with Crippen LogP contribution >= 0.6 is 11.6 Å². The summed E-state index contributed by atoms with van der Waals surface area (Å²) in [7, 11) is 0. The first-order valence-corrected chi connectivity index (χ1v) is 7.17. The summed E-state index contributed by atoms with van der Waals surface area (Å²) in [5, 5.41) is 13.2. The molecule has 1 aromatic heterocycles. The zero-order valence-corrected chi connectivity index (χ0v) is 13.5. The Bertz CT molecular complexity index is 771. The van der Waals surface area contributed by atoms with E-state index in [9.17, 15) is 5.21 Å². The SMILES string of the molecule is C#CCOc1ccc2nc(Cl)c(/C=[N+](\[O-])C(C)(C)C)cc2c1. The number of benzene rings is 1. The first-order valence-electron chi connectivity index (χ1n) is 6.79. The molecule has 0 N–H and O–H groups in total. The molecule has 1 heterocycles. The second kappa shape index (κ2) is 6.25. The van der Waals surface area contributed by atoms with Crippen LogP contribution < -0.4 is 4.74 Å². The van der Waals surface area contributed by atoms with Crippen LogP contribution in [0.15, 0.2) is 24.3 Å². The molecule has 2 aromatic rings. The number of pyridine rings is 1. The van der Waals surface area contributed by atoms with Gasteiger partial charge in [-0.1, -0.05) is 17.5 Å². The molecule has 0 fully saturated rings. The van der Waals surface area contributed by atoms with E-state index in [0.29, 0.717) is 11.3 Å². The molecule has 5 heteroatoms. The lowest BCUT2D eigenvalue weighted by molar-refractivity contribution is -0.530. The van der Waals surface area contributed by atoms with E-state index in [4.69, 9.17) is 22.8 Å². The molecule has 0 aliphatic rings. The Labute approximate surface area is 135 Å². The van der Waals surface area contributed by atoms with Crippen LogP contribution in [-0.4, -0.2) is 28.1 Å². The summed E-state index contributed by atoms with van der Waals surface area (Å²) in [4.78, 5) is 4.30. The number of hydrogen-bond donors (Lipinski definition) is 0. The van der Waals surface area contributed by atoms with Gasteiger partial charge in [-0.15, -0.1) is 6.42 Å². The highest BCUT2D eigenvalue weighted by Gasteiger charge is 2.19.